The van der Waals surface area contributed by atoms with Gasteiger partial charge in [-0.3, -0.25) is 0 Å². The molecular formula is C8H14N2S. The first-order valence-electron chi connectivity index (χ1n) is 3.82. The standard InChI is InChI=1S/C8H14N2S/c1-2-6-3-4-8(11-6)7(10)5-9/h3-4,7H,2,5,9-10H2,1H3/t7-/m1/s1. The summed E-state index contributed by atoms with van der Waals surface area (Å²) in [4.78, 5) is 2.58. The number of rotatable bonds is 3. The molecule has 1 aromatic heterocycles. The molecule has 0 unspecified atom stereocenters. The zero-order chi connectivity index (χ0) is 8.27. The molecule has 3 heteroatoms. The van der Waals surface area contributed by atoms with E-state index in [0.29, 0.717) is 6.54 Å². The molecule has 62 valence electrons. The van der Waals surface area contributed by atoms with Crippen LogP contribution in [0, 0.1) is 0 Å². The molecule has 0 spiro atoms. The predicted octanol–water partition coefficient (Wildman–Crippen LogP) is 1.27. The summed E-state index contributed by atoms with van der Waals surface area (Å²) in [5.41, 5.74) is 11.2. The molecule has 0 amide bonds. The van der Waals surface area contributed by atoms with Crippen LogP contribution >= 0.6 is 11.3 Å². The smallest absolute Gasteiger partial charge is 0.0514 e. The van der Waals surface area contributed by atoms with Crippen LogP contribution in [-0.4, -0.2) is 6.54 Å². The highest BCUT2D eigenvalue weighted by Gasteiger charge is 2.05. The van der Waals surface area contributed by atoms with E-state index in [1.807, 2.05) is 0 Å². The van der Waals surface area contributed by atoms with Crippen LogP contribution in [-0.2, 0) is 6.42 Å². The Labute approximate surface area is 71.2 Å². The third-order valence-corrected chi connectivity index (χ3v) is 3.01. The zero-order valence-corrected chi connectivity index (χ0v) is 7.53. The van der Waals surface area contributed by atoms with Gasteiger partial charge < -0.3 is 11.5 Å². The number of nitrogens with two attached hydrogens (primary N) is 2. The monoisotopic (exact) mass is 170 g/mol. The minimum absolute atomic E-state index is 0.0281. The maximum absolute atomic E-state index is 5.75. The summed E-state index contributed by atoms with van der Waals surface area (Å²) in [7, 11) is 0. The van der Waals surface area contributed by atoms with Gasteiger partial charge in [0.05, 0.1) is 6.04 Å². The van der Waals surface area contributed by atoms with Gasteiger partial charge in [-0.15, -0.1) is 11.3 Å². The highest BCUT2D eigenvalue weighted by atomic mass is 32.1. The Bertz CT molecular complexity index is 220. The van der Waals surface area contributed by atoms with E-state index in [-0.39, 0.29) is 6.04 Å². The molecule has 0 bridgehead atoms. The Kier molecular flexibility index (Phi) is 3.05. The third kappa shape index (κ3) is 2.02. The average Bonchev–Trinajstić information content (AvgIpc) is 2.50. The molecule has 0 radical (unpaired) electrons. The summed E-state index contributed by atoms with van der Waals surface area (Å²) >= 11 is 1.76. The van der Waals surface area contributed by atoms with E-state index in [4.69, 9.17) is 11.5 Å². The summed E-state index contributed by atoms with van der Waals surface area (Å²) in [6.07, 6.45) is 1.09. The van der Waals surface area contributed by atoms with Crippen molar-refractivity contribution in [2.24, 2.45) is 11.5 Å². The minimum atomic E-state index is 0.0281. The first kappa shape index (κ1) is 8.71. The summed E-state index contributed by atoms with van der Waals surface area (Å²) in [5.74, 6) is 0. The second-order valence-electron chi connectivity index (χ2n) is 2.50. The summed E-state index contributed by atoms with van der Waals surface area (Å²) in [5, 5.41) is 0. The van der Waals surface area contributed by atoms with Crippen molar-refractivity contribution in [2.45, 2.75) is 19.4 Å². The van der Waals surface area contributed by atoms with E-state index in [9.17, 15) is 0 Å². The van der Waals surface area contributed by atoms with Crippen molar-refractivity contribution in [1.29, 1.82) is 0 Å². The molecule has 0 aliphatic carbocycles. The Morgan fingerprint density at radius 2 is 2.27 bits per heavy atom. The lowest BCUT2D eigenvalue weighted by atomic mass is 10.2. The molecule has 1 heterocycles. The van der Waals surface area contributed by atoms with Crippen LogP contribution in [0.1, 0.15) is 22.7 Å². The second-order valence-corrected chi connectivity index (χ2v) is 3.70. The van der Waals surface area contributed by atoms with Gasteiger partial charge in [-0.1, -0.05) is 6.92 Å². The molecule has 0 saturated carbocycles. The molecule has 4 N–H and O–H groups in total. The van der Waals surface area contributed by atoms with Gasteiger partial charge >= 0.3 is 0 Å². The number of hydrogen-bond acceptors (Lipinski definition) is 3. The predicted molar refractivity (Wildman–Crippen MR) is 49.7 cm³/mol. The first-order chi connectivity index (χ1) is 5.27. The topological polar surface area (TPSA) is 52.0 Å². The van der Waals surface area contributed by atoms with Crippen molar-refractivity contribution in [1.82, 2.24) is 0 Å². The van der Waals surface area contributed by atoms with Gasteiger partial charge in [-0.25, -0.2) is 0 Å². The van der Waals surface area contributed by atoms with Crippen LogP contribution in [0.4, 0.5) is 0 Å². The molecular weight excluding hydrogens is 156 g/mol. The molecule has 0 aliphatic rings. The summed E-state index contributed by atoms with van der Waals surface area (Å²) in [6, 6.07) is 4.22. The van der Waals surface area contributed by atoms with Gasteiger partial charge in [0, 0.05) is 16.3 Å². The van der Waals surface area contributed by atoms with Crippen molar-refractivity contribution in [3.05, 3.63) is 21.9 Å². The van der Waals surface area contributed by atoms with Crippen LogP contribution in [0.3, 0.4) is 0 Å². The van der Waals surface area contributed by atoms with E-state index in [2.05, 4.69) is 19.1 Å². The molecule has 1 rings (SSSR count). The van der Waals surface area contributed by atoms with Crippen molar-refractivity contribution >= 4 is 11.3 Å². The maximum Gasteiger partial charge on any atom is 0.0514 e. The fourth-order valence-corrected chi connectivity index (χ4v) is 1.87. The van der Waals surface area contributed by atoms with Crippen molar-refractivity contribution < 1.29 is 0 Å². The molecule has 1 atom stereocenters. The summed E-state index contributed by atoms with van der Waals surface area (Å²) < 4.78 is 0. The molecule has 0 fully saturated rings. The van der Waals surface area contributed by atoms with Crippen LogP contribution in [0.5, 0.6) is 0 Å². The van der Waals surface area contributed by atoms with Gasteiger partial charge in [-0.2, -0.15) is 0 Å². The lowest BCUT2D eigenvalue weighted by Crippen LogP contribution is -2.19. The molecule has 11 heavy (non-hydrogen) atoms. The van der Waals surface area contributed by atoms with E-state index in [1.54, 1.807) is 11.3 Å². The molecule has 0 aliphatic heterocycles. The lowest BCUT2D eigenvalue weighted by molar-refractivity contribution is 0.752. The van der Waals surface area contributed by atoms with Gasteiger partial charge in [0.2, 0.25) is 0 Å². The second kappa shape index (κ2) is 3.85. The van der Waals surface area contributed by atoms with Crippen molar-refractivity contribution in [3.63, 3.8) is 0 Å². The maximum atomic E-state index is 5.75. The van der Waals surface area contributed by atoms with Crippen LogP contribution in [0.2, 0.25) is 0 Å². The molecule has 1 aromatic rings. The first-order valence-corrected chi connectivity index (χ1v) is 4.63. The van der Waals surface area contributed by atoms with E-state index >= 15 is 0 Å². The normalized spacial score (nSPS) is 13.4. The Morgan fingerprint density at radius 3 is 2.73 bits per heavy atom. The highest BCUT2D eigenvalue weighted by molar-refractivity contribution is 7.12. The van der Waals surface area contributed by atoms with E-state index < -0.39 is 0 Å². The SMILES string of the molecule is CCc1ccc([C@H](N)CN)s1. The Hall–Kier alpha value is -0.380. The van der Waals surface area contributed by atoms with Gasteiger partial charge in [0.25, 0.3) is 0 Å². The third-order valence-electron chi connectivity index (χ3n) is 1.65. The van der Waals surface area contributed by atoms with Crippen LogP contribution < -0.4 is 11.5 Å². The largest absolute Gasteiger partial charge is 0.329 e. The molecule has 0 aromatic carbocycles. The molecule has 0 saturated heterocycles. The van der Waals surface area contributed by atoms with E-state index in [0.717, 1.165) is 6.42 Å². The van der Waals surface area contributed by atoms with Gasteiger partial charge in [0.1, 0.15) is 0 Å². The van der Waals surface area contributed by atoms with Crippen LogP contribution in [0.15, 0.2) is 12.1 Å². The van der Waals surface area contributed by atoms with E-state index in [1.165, 1.54) is 9.75 Å². The highest BCUT2D eigenvalue weighted by Crippen LogP contribution is 2.21. The average molecular weight is 170 g/mol. The lowest BCUT2D eigenvalue weighted by Gasteiger charge is -2.03. The number of aryl methyl sites for hydroxylation is 1. The minimum Gasteiger partial charge on any atom is -0.329 e. The number of hydrogen-bond donors (Lipinski definition) is 2. The number of thiophene rings is 1. The van der Waals surface area contributed by atoms with Crippen molar-refractivity contribution in [2.75, 3.05) is 6.54 Å². The quantitative estimate of drug-likeness (QED) is 0.717. The van der Waals surface area contributed by atoms with Gasteiger partial charge in [0.15, 0.2) is 0 Å². The molecule has 2 nitrogen and oxygen atoms in total. The Balaban J connectivity index is 2.71. The Morgan fingerprint density at radius 1 is 1.55 bits per heavy atom. The zero-order valence-electron chi connectivity index (χ0n) is 6.71. The van der Waals surface area contributed by atoms with Gasteiger partial charge in [-0.05, 0) is 18.6 Å². The summed E-state index contributed by atoms with van der Waals surface area (Å²) in [6.45, 7) is 2.67. The fourth-order valence-electron chi connectivity index (χ4n) is 0.900. The van der Waals surface area contributed by atoms with Crippen molar-refractivity contribution in [3.8, 4) is 0 Å². The fraction of sp³-hybridized carbons (Fsp3) is 0.500. The van der Waals surface area contributed by atoms with Crippen LogP contribution in [0.25, 0.3) is 0 Å².